The van der Waals surface area contributed by atoms with Gasteiger partial charge >= 0.3 is 5.97 Å². The molecule has 0 fully saturated rings. The maximum Gasteiger partial charge on any atom is 0.312 e. The SMILES string of the molecule is O=C(O)C1C=Nc2cc[nH]c(=O)c2C1. The number of aliphatic imine (C=N–C) groups is 1. The van der Waals surface area contributed by atoms with Crippen molar-refractivity contribution < 1.29 is 9.90 Å². The molecule has 2 N–H and O–H groups in total. The molecule has 0 aromatic carbocycles. The number of rotatable bonds is 1. The van der Waals surface area contributed by atoms with Gasteiger partial charge in [0.2, 0.25) is 0 Å². The summed E-state index contributed by atoms with van der Waals surface area (Å²) in [7, 11) is 0. The van der Waals surface area contributed by atoms with Crippen LogP contribution in [0.5, 0.6) is 0 Å². The summed E-state index contributed by atoms with van der Waals surface area (Å²) in [5.74, 6) is -1.64. The fraction of sp³-hybridized carbons (Fsp3) is 0.222. The second-order valence-corrected chi connectivity index (χ2v) is 3.10. The number of pyridine rings is 1. The predicted octanol–water partition coefficient (Wildman–Crippen LogP) is 0.334. The van der Waals surface area contributed by atoms with Gasteiger partial charge in [-0.15, -0.1) is 0 Å². The zero-order valence-electron chi connectivity index (χ0n) is 7.23. The highest BCUT2D eigenvalue weighted by molar-refractivity contribution is 5.91. The minimum atomic E-state index is -0.956. The van der Waals surface area contributed by atoms with Crippen molar-refractivity contribution >= 4 is 17.9 Å². The van der Waals surface area contributed by atoms with Crippen molar-refractivity contribution in [3.8, 4) is 0 Å². The van der Waals surface area contributed by atoms with Gasteiger partial charge < -0.3 is 10.1 Å². The lowest BCUT2D eigenvalue weighted by atomic mass is 9.98. The second kappa shape index (κ2) is 3.10. The van der Waals surface area contributed by atoms with Crippen molar-refractivity contribution in [2.45, 2.75) is 6.42 Å². The Hall–Kier alpha value is -1.91. The highest BCUT2D eigenvalue weighted by atomic mass is 16.4. The third-order valence-electron chi connectivity index (χ3n) is 2.17. The third-order valence-corrected chi connectivity index (χ3v) is 2.17. The molecule has 0 saturated carbocycles. The van der Waals surface area contributed by atoms with Gasteiger partial charge in [0.25, 0.3) is 5.56 Å². The van der Waals surface area contributed by atoms with Crippen LogP contribution >= 0.6 is 0 Å². The Balaban J connectivity index is 2.47. The van der Waals surface area contributed by atoms with Crippen LogP contribution in [0, 0.1) is 5.92 Å². The van der Waals surface area contributed by atoms with E-state index in [1.165, 1.54) is 12.4 Å². The highest BCUT2D eigenvalue weighted by Gasteiger charge is 2.22. The molecular weight excluding hydrogens is 184 g/mol. The van der Waals surface area contributed by atoms with Crippen LogP contribution in [0.1, 0.15) is 5.56 Å². The van der Waals surface area contributed by atoms with E-state index in [1.54, 1.807) is 6.07 Å². The number of H-pyrrole nitrogens is 1. The van der Waals surface area contributed by atoms with Gasteiger partial charge in [-0.05, 0) is 12.5 Å². The molecule has 1 atom stereocenters. The topological polar surface area (TPSA) is 82.5 Å². The third kappa shape index (κ3) is 1.32. The molecule has 5 heteroatoms. The number of hydrogen-bond acceptors (Lipinski definition) is 3. The summed E-state index contributed by atoms with van der Waals surface area (Å²) in [6.45, 7) is 0. The number of aromatic amines is 1. The monoisotopic (exact) mass is 192 g/mol. The molecule has 14 heavy (non-hydrogen) atoms. The summed E-state index contributed by atoms with van der Waals surface area (Å²) in [5.41, 5.74) is 0.749. The summed E-state index contributed by atoms with van der Waals surface area (Å²) in [5, 5.41) is 8.75. The van der Waals surface area contributed by atoms with Crippen molar-refractivity contribution in [1.29, 1.82) is 0 Å². The molecule has 5 nitrogen and oxygen atoms in total. The second-order valence-electron chi connectivity index (χ2n) is 3.10. The van der Waals surface area contributed by atoms with E-state index in [4.69, 9.17) is 5.11 Å². The van der Waals surface area contributed by atoms with Gasteiger partial charge in [-0.25, -0.2) is 0 Å². The number of hydrogen-bond donors (Lipinski definition) is 2. The summed E-state index contributed by atoms with van der Waals surface area (Å²) in [4.78, 5) is 28.4. The number of nitrogens with zero attached hydrogens (tertiary/aromatic N) is 1. The number of carboxylic acids is 1. The van der Waals surface area contributed by atoms with E-state index in [9.17, 15) is 9.59 Å². The van der Waals surface area contributed by atoms with Gasteiger partial charge in [-0.3, -0.25) is 14.6 Å². The lowest BCUT2D eigenvalue weighted by Gasteiger charge is -2.13. The minimum Gasteiger partial charge on any atom is -0.481 e. The van der Waals surface area contributed by atoms with E-state index >= 15 is 0 Å². The average Bonchev–Trinajstić information content (AvgIpc) is 2.18. The van der Waals surface area contributed by atoms with Crippen LogP contribution in [-0.4, -0.2) is 22.3 Å². The molecule has 1 aliphatic rings. The predicted molar refractivity (Wildman–Crippen MR) is 50.0 cm³/mol. The van der Waals surface area contributed by atoms with E-state index in [2.05, 4.69) is 9.98 Å². The summed E-state index contributed by atoms with van der Waals surface area (Å²) >= 11 is 0. The van der Waals surface area contributed by atoms with Crippen LogP contribution < -0.4 is 5.56 Å². The van der Waals surface area contributed by atoms with Gasteiger partial charge in [-0.1, -0.05) is 0 Å². The molecule has 0 amide bonds. The van der Waals surface area contributed by atoms with Gasteiger partial charge in [0, 0.05) is 18.0 Å². The Morgan fingerprint density at radius 3 is 3.14 bits per heavy atom. The standard InChI is InChI=1S/C9H8N2O3/c12-8-6-3-5(9(13)14)4-11-7(6)1-2-10-8/h1-2,4-5H,3H2,(H,10,12)(H,13,14). The number of nitrogens with one attached hydrogen (secondary N) is 1. The Labute approximate surface area is 79.1 Å². The molecule has 72 valence electrons. The zero-order chi connectivity index (χ0) is 10.1. The number of carboxylic acid groups (broad SMARTS) is 1. The molecule has 2 heterocycles. The maximum atomic E-state index is 11.3. The van der Waals surface area contributed by atoms with Crippen molar-refractivity contribution in [1.82, 2.24) is 4.98 Å². The van der Waals surface area contributed by atoms with Crippen LogP contribution in [0.15, 0.2) is 22.1 Å². The zero-order valence-corrected chi connectivity index (χ0v) is 7.23. The number of carbonyl (C=O) groups is 1. The van der Waals surface area contributed by atoms with E-state index in [0.29, 0.717) is 11.3 Å². The van der Waals surface area contributed by atoms with Gasteiger partial charge in [0.15, 0.2) is 0 Å². The quantitative estimate of drug-likeness (QED) is 0.672. The Bertz CT molecular complexity index is 461. The fourth-order valence-electron chi connectivity index (χ4n) is 1.41. The summed E-state index contributed by atoms with van der Waals surface area (Å²) < 4.78 is 0. The molecule has 1 aromatic heterocycles. The number of fused-ring (bicyclic) bond motifs is 1. The first-order valence-electron chi connectivity index (χ1n) is 4.16. The van der Waals surface area contributed by atoms with E-state index < -0.39 is 11.9 Å². The molecule has 0 aliphatic carbocycles. The first kappa shape index (κ1) is 8.68. The molecular formula is C9H8N2O3. The van der Waals surface area contributed by atoms with Crippen molar-refractivity contribution in [3.05, 3.63) is 28.2 Å². The van der Waals surface area contributed by atoms with Gasteiger partial charge in [0.1, 0.15) is 0 Å². The highest BCUT2D eigenvalue weighted by Crippen LogP contribution is 2.22. The lowest BCUT2D eigenvalue weighted by molar-refractivity contribution is -0.139. The van der Waals surface area contributed by atoms with Crippen molar-refractivity contribution in [2.75, 3.05) is 0 Å². The van der Waals surface area contributed by atoms with Gasteiger partial charge in [-0.2, -0.15) is 0 Å². The van der Waals surface area contributed by atoms with E-state index in [0.717, 1.165) is 0 Å². The first-order chi connectivity index (χ1) is 6.68. The number of aliphatic carboxylic acids is 1. The molecule has 1 aromatic rings. The molecule has 1 aliphatic heterocycles. The molecule has 1 unspecified atom stereocenters. The smallest absolute Gasteiger partial charge is 0.312 e. The average molecular weight is 192 g/mol. The summed E-state index contributed by atoms with van der Waals surface area (Å²) in [6.07, 6.45) is 3.08. The molecule has 2 rings (SSSR count). The van der Waals surface area contributed by atoms with Crippen LogP contribution in [0.4, 0.5) is 5.69 Å². The van der Waals surface area contributed by atoms with Crippen LogP contribution in [0.2, 0.25) is 0 Å². The minimum absolute atomic E-state index is 0.213. The maximum absolute atomic E-state index is 11.3. The Morgan fingerprint density at radius 1 is 1.64 bits per heavy atom. The lowest BCUT2D eigenvalue weighted by Crippen LogP contribution is -2.25. The van der Waals surface area contributed by atoms with Crippen LogP contribution in [-0.2, 0) is 11.2 Å². The van der Waals surface area contributed by atoms with Crippen molar-refractivity contribution in [3.63, 3.8) is 0 Å². The molecule has 0 bridgehead atoms. The van der Waals surface area contributed by atoms with Crippen LogP contribution in [0.3, 0.4) is 0 Å². The van der Waals surface area contributed by atoms with Crippen molar-refractivity contribution in [2.24, 2.45) is 10.9 Å². The van der Waals surface area contributed by atoms with E-state index in [-0.39, 0.29) is 12.0 Å². The first-order valence-corrected chi connectivity index (χ1v) is 4.16. The largest absolute Gasteiger partial charge is 0.481 e. The van der Waals surface area contributed by atoms with E-state index in [1.807, 2.05) is 0 Å². The van der Waals surface area contributed by atoms with Crippen LogP contribution in [0.25, 0.3) is 0 Å². The molecule has 0 saturated heterocycles. The summed E-state index contributed by atoms with van der Waals surface area (Å²) in [6, 6.07) is 1.66. The Kier molecular flexibility index (Phi) is 1.92. The fourth-order valence-corrected chi connectivity index (χ4v) is 1.41. The normalized spacial score (nSPS) is 19.0. The van der Waals surface area contributed by atoms with Gasteiger partial charge in [0.05, 0.1) is 11.6 Å². The molecule has 0 spiro atoms. The molecule has 0 radical (unpaired) electrons. The Morgan fingerprint density at radius 2 is 2.43 bits per heavy atom. The number of aromatic nitrogens is 1.